The summed E-state index contributed by atoms with van der Waals surface area (Å²) in [5, 5.41) is 11.4. The van der Waals surface area contributed by atoms with Crippen LogP contribution in [0.15, 0.2) is 109 Å². The van der Waals surface area contributed by atoms with Crippen molar-refractivity contribution in [2.24, 2.45) is 17.8 Å². The van der Waals surface area contributed by atoms with Crippen LogP contribution < -0.4 is 20.3 Å². The van der Waals surface area contributed by atoms with E-state index in [1.54, 1.807) is 0 Å². The molecule has 6 aromatic rings. The van der Waals surface area contributed by atoms with E-state index in [9.17, 15) is 0 Å². The van der Waals surface area contributed by atoms with Crippen LogP contribution in [0.25, 0.3) is 38.7 Å². The van der Waals surface area contributed by atoms with Crippen LogP contribution in [-0.4, -0.2) is 47.8 Å². The fourth-order valence-electron chi connectivity index (χ4n) is 7.58. The van der Waals surface area contributed by atoms with Gasteiger partial charge in [0.05, 0.1) is 18.8 Å². The Morgan fingerprint density at radius 2 is 1.12 bits per heavy atom. The van der Waals surface area contributed by atoms with Crippen molar-refractivity contribution in [2.75, 3.05) is 48.1 Å². The van der Waals surface area contributed by atoms with E-state index in [1.807, 2.05) is 4.80 Å². The summed E-state index contributed by atoms with van der Waals surface area (Å²) in [6.45, 7) is 20.3. The first kappa shape index (κ1) is 39.8. The molecule has 1 aromatic heterocycles. The van der Waals surface area contributed by atoms with Gasteiger partial charge >= 0.3 is 0 Å². The Morgan fingerprint density at radius 1 is 0.632 bits per heavy atom. The maximum atomic E-state index is 6.02. The molecule has 0 bridgehead atoms. The van der Waals surface area contributed by atoms with Gasteiger partial charge in [0, 0.05) is 53.6 Å². The molecule has 2 N–H and O–H groups in total. The molecule has 9 nitrogen and oxygen atoms in total. The number of ether oxygens (including phenoxy) is 1. The number of unbranched alkanes of at least 4 members (excludes halogenated alkanes) is 1. The monoisotopic (exact) mass is 764 g/mol. The zero-order valence-electron chi connectivity index (χ0n) is 34.9. The fourth-order valence-corrected chi connectivity index (χ4v) is 7.58. The standard InChI is InChI=1S/C48H60N8O/c1-8-9-29-57-30-28-55-49-45-43(37-20-24-41(25-21-37)53(31-34(2)3)39-16-12-10-13-17-39)47-48(52-56(51-47)33-36(6)7)44(46(45)50-55)38-22-26-42(27-23-38)54(32-35(4)5)40-18-14-11-15-19-40/h10-27,34-36,49,55H,8-9,28-33H2,1-7H3. The smallest absolute Gasteiger partial charge is 0.123 e. The third-order valence-corrected chi connectivity index (χ3v) is 10.2. The number of para-hydroxylation sites is 2. The Bertz CT molecular complexity index is 2040. The normalized spacial score (nSPS) is 13.7. The van der Waals surface area contributed by atoms with E-state index in [1.165, 1.54) is 11.4 Å². The number of hydrogen-bond donors (Lipinski definition) is 2. The maximum absolute atomic E-state index is 6.02. The molecule has 1 aliphatic heterocycles. The van der Waals surface area contributed by atoms with Gasteiger partial charge in [-0.25, -0.2) is 5.43 Å². The number of aromatic nitrogens is 3. The zero-order valence-corrected chi connectivity index (χ0v) is 34.9. The van der Waals surface area contributed by atoms with Crippen LogP contribution in [0.4, 0.5) is 34.1 Å². The van der Waals surface area contributed by atoms with Gasteiger partial charge in [-0.1, -0.05) is 121 Å². The van der Waals surface area contributed by atoms with Crippen molar-refractivity contribution >= 4 is 45.2 Å². The lowest BCUT2D eigenvalue weighted by Gasteiger charge is -2.27. The molecule has 2 heterocycles. The van der Waals surface area contributed by atoms with Crippen LogP contribution in [-0.2, 0) is 11.3 Å². The molecule has 9 heteroatoms. The Hall–Kier alpha value is -5.38. The number of anilines is 5. The van der Waals surface area contributed by atoms with Gasteiger partial charge in [0.15, 0.2) is 0 Å². The van der Waals surface area contributed by atoms with Gasteiger partial charge in [0.2, 0.25) is 0 Å². The van der Waals surface area contributed by atoms with E-state index in [-0.39, 0.29) is 0 Å². The third kappa shape index (κ3) is 9.27. The quantitative estimate of drug-likeness (QED) is 0.0849. The highest BCUT2D eigenvalue weighted by atomic mass is 16.5. The van der Waals surface area contributed by atoms with Crippen LogP contribution in [0.5, 0.6) is 0 Å². The number of fused-ring (bicyclic) bond motifs is 2. The molecule has 0 fully saturated rings. The van der Waals surface area contributed by atoms with Gasteiger partial charge < -0.3 is 20.0 Å². The number of benzene rings is 5. The van der Waals surface area contributed by atoms with E-state index < -0.39 is 0 Å². The van der Waals surface area contributed by atoms with Crippen molar-refractivity contribution in [3.63, 3.8) is 0 Å². The predicted octanol–water partition coefficient (Wildman–Crippen LogP) is 11.0. The molecule has 0 radical (unpaired) electrons. The van der Waals surface area contributed by atoms with Crippen molar-refractivity contribution in [1.82, 2.24) is 15.0 Å². The molecule has 5 aromatic carbocycles. The minimum Gasteiger partial charge on any atom is -0.459 e. The Labute approximate surface area is 339 Å². The molecule has 0 saturated heterocycles. The number of hydrogen-bond acceptors (Lipinski definition) is 6. The van der Waals surface area contributed by atoms with Gasteiger partial charge in [-0.15, -0.1) is 0 Å². The van der Waals surface area contributed by atoms with Gasteiger partial charge in [0.25, 0.3) is 0 Å². The van der Waals surface area contributed by atoms with Crippen molar-refractivity contribution < 1.29 is 9.85 Å². The SMILES string of the molecule is CCCCOCC[NH+]1[N-]c2c(c(-c3ccc(N(CC(C)C)c4ccccc4)cc3)c3nn(CC(C)C)nc3c2-c2ccc(N(CC(C)C)c3ccccc3)cc2)N1. The highest BCUT2D eigenvalue weighted by Gasteiger charge is 2.28. The van der Waals surface area contributed by atoms with E-state index in [4.69, 9.17) is 20.4 Å². The molecule has 1 unspecified atom stereocenters. The molecule has 0 amide bonds. The first-order valence-electron chi connectivity index (χ1n) is 20.9. The Kier molecular flexibility index (Phi) is 12.8. The Morgan fingerprint density at radius 3 is 1.61 bits per heavy atom. The van der Waals surface area contributed by atoms with Crippen LogP contribution >= 0.6 is 0 Å². The molecule has 57 heavy (non-hydrogen) atoms. The second-order valence-electron chi connectivity index (χ2n) is 16.5. The first-order valence-corrected chi connectivity index (χ1v) is 20.9. The zero-order chi connectivity index (χ0) is 39.9. The average molecular weight is 765 g/mol. The molecule has 298 valence electrons. The highest BCUT2D eigenvalue weighted by Crippen LogP contribution is 2.51. The van der Waals surface area contributed by atoms with Gasteiger partial charge in [-0.2, -0.15) is 15.0 Å². The van der Waals surface area contributed by atoms with Crippen molar-refractivity contribution in [2.45, 2.75) is 67.9 Å². The van der Waals surface area contributed by atoms with Crippen molar-refractivity contribution in [3.8, 4) is 22.3 Å². The molecule has 1 atom stereocenters. The summed E-state index contributed by atoms with van der Waals surface area (Å²) in [7, 11) is 0. The van der Waals surface area contributed by atoms with Crippen LogP contribution in [0, 0.1) is 17.8 Å². The third-order valence-electron chi connectivity index (χ3n) is 10.2. The van der Waals surface area contributed by atoms with E-state index in [0.29, 0.717) is 30.9 Å². The highest BCUT2D eigenvalue weighted by molar-refractivity contribution is 6.14. The second kappa shape index (κ2) is 18.3. The lowest BCUT2D eigenvalue weighted by molar-refractivity contribution is -0.831. The summed E-state index contributed by atoms with van der Waals surface area (Å²) in [5.41, 5.74) is 21.6. The molecular formula is C48H60N8O. The molecule has 0 saturated carbocycles. The van der Waals surface area contributed by atoms with Crippen LogP contribution in [0.3, 0.4) is 0 Å². The van der Waals surface area contributed by atoms with Crippen LogP contribution in [0.1, 0.15) is 61.3 Å². The summed E-state index contributed by atoms with van der Waals surface area (Å²) in [5.74, 6) is 1.37. The van der Waals surface area contributed by atoms with Crippen molar-refractivity contribution in [3.05, 3.63) is 115 Å². The molecule has 7 rings (SSSR count). The number of nitrogens with one attached hydrogen (secondary N) is 2. The Balaban J connectivity index is 1.34. The second-order valence-corrected chi connectivity index (χ2v) is 16.5. The largest absolute Gasteiger partial charge is 0.459 e. The number of nitrogens with zero attached hydrogens (tertiary/aromatic N) is 6. The molecule has 0 aliphatic carbocycles. The van der Waals surface area contributed by atoms with Crippen LogP contribution in [0.2, 0.25) is 0 Å². The summed E-state index contributed by atoms with van der Waals surface area (Å²) < 4.78 is 6.02. The minimum atomic E-state index is 0.384. The molecule has 1 aliphatic rings. The summed E-state index contributed by atoms with van der Waals surface area (Å²) in [6.07, 6.45) is 2.17. The molecular weight excluding hydrogens is 705 g/mol. The van der Waals surface area contributed by atoms with Crippen molar-refractivity contribution in [1.29, 1.82) is 0 Å². The predicted molar refractivity (Wildman–Crippen MR) is 238 cm³/mol. The van der Waals surface area contributed by atoms with E-state index >= 15 is 0 Å². The van der Waals surface area contributed by atoms with E-state index in [0.717, 1.165) is 100 Å². The average Bonchev–Trinajstić information content (AvgIpc) is 3.82. The number of quaternary nitrogens is 1. The van der Waals surface area contributed by atoms with E-state index in [2.05, 4.69) is 173 Å². The van der Waals surface area contributed by atoms with Gasteiger partial charge in [0.1, 0.15) is 17.6 Å². The fraction of sp³-hybridized carbons (Fsp3) is 0.375. The van der Waals surface area contributed by atoms with Gasteiger partial charge in [-0.3, -0.25) is 5.12 Å². The minimum absolute atomic E-state index is 0.384. The number of rotatable bonds is 18. The summed E-state index contributed by atoms with van der Waals surface area (Å²) >= 11 is 0. The lowest BCUT2D eigenvalue weighted by atomic mass is 9.93. The first-order chi connectivity index (χ1) is 27.7. The molecule has 0 spiro atoms. The van der Waals surface area contributed by atoms with Gasteiger partial charge in [-0.05, 0) is 83.8 Å². The summed E-state index contributed by atoms with van der Waals surface area (Å²) in [4.78, 5) is 6.68. The maximum Gasteiger partial charge on any atom is 0.123 e. The summed E-state index contributed by atoms with van der Waals surface area (Å²) in [6, 6.07) is 39.2. The lowest BCUT2D eigenvalue weighted by Crippen LogP contribution is -3.10. The topological polar surface area (TPSA) is 77.0 Å².